The van der Waals surface area contributed by atoms with E-state index in [1.165, 1.54) is 37.7 Å². The number of hydrogen-bond acceptors (Lipinski definition) is 3. The minimum Gasteiger partial charge on any atom is -0.486 e. The third-order valence-electron chi connectivity index (χ3n) is 5.05. The van der Waals surface area contributed by atoms with Crippen molar-refractivity contribution in [2.24, 2.45) is 0 Å². The normalized spacial score (nSPS) is 17.1. The van der Waals surface area contributed by atoms with Gasteiger partial charge in [0.25, 0.3) is 5.91 Å². The molecule has 1 amide bonds. The highest BCUT2D eigenvalue weighted by atomic mass is 16.6. The number of nitrogens with one attached hydrogen (secondary N) is 1. The molecule has 1 heterocycles. The van der Waals surface area contributed by atoms with E-state index in [-0.39, 0.29) is 5.91 Å². The summed E-state index contributed by atoms with van der Waals surface area (Å²) in [6, 6.07) is 13.6. The Bertz CT molecular complexity index is 748. The highest BCUT2D eigenvalue weighted by Gasteiger charge is 2.17. The summed E-state index contributed by atoms with van der Waals surface area (Å²) >= 11 is 0. The molecule has 0 atom stereocenters. The summed E-state index contributed by atoms with van der Waals surface area (Å²) in [5, 5.41) is 2.96. The molecule has 1 saturated carbocycles. The van der Waals surface area contributed by atoms with Gasteiger partial charge in [0, 0.05) is 11.3 Å². The maximum absolute atomic E-state index is 12.5. The lowest BCUT2D eigenvalue weighted by Gasteiger charge is -2.22. The van der Waals surface area contributed by atoms with E-state index in [0.717, 1.165) is 5.69 Å². The van der Waals surface area contributed by atoms with Crippen molar-refractivity contribution < 1.29 is 14.3 Å². The first-order valence-corrected chi connectivity index (χ1v) is 9.10. The Kier molecular flexibility index (Phi) is 4.59. The molecule has 1 N–H and O–H groups in total. The highest BCUT2D eigenvalue weighted by molar-refractivity contribution is 6.04. The number of hydrogen-bond donors (Lipinski definition) is 1. The number of carbonyl (C=O) groups excluding carboxylic acids is 1. The van der Waals surface area contributed by atoms with Gasteiger partial charge in [-0.15, -0.1) is 0 Å². The summed E-state index contributed by atoms with van der Waals surface area (Å²) in [5.74, 6) is 1.87. The topological polar surface area (TPSA) is 47.6 Å². The molecule has 4 heteroatoms. The van der Waals surface area contributed by atoms with E-state index in [1.54, 1.807) is 18.2 Å². The molecule has 25 heavy (non-hydrogen) atoms. The van der Waals surface area contributed by atoms with E-state index in [0.29, 0.717) is 36.2 Å². The molecule has 1 aliphatic carbocycles. The van der Waals surface area contributed by atoms with E-state index in [2.05, 4.69) is 17.4 Å². The van der Waals surface area contributed by atoms with Gasteiger partial charge < -0.3 is 14.8 Å². The summed E-state index contributed by atoms with van der Waals surface area (Å²) in [5.41, 5.74) is 2.78. The van der Waals surface area contributed by atoms with E-state index >= 15 is 0 Å². The number of ether oxygens (including phenoxy) is 2. The number of anilines is 1. The molecule has 0 saturated heterocycles. The molecule has 0 radical (unpaired) electrons. The van der Waals surface area contributed by atoms with E-state index < -0.39 is 0 Å². The van der Waals surface area contributed by atoms with Gasteiger partial charge in [0.05, 0.1) is 0 Å². The summed E-state index contributed by atoms with van der Waals surface area (Å²) in [6.45, 7) is 1.06. The van der Waals surface area contributed by atoms with E-state index in [9.17, 15) is 4.79 Å². The predicted octanol–water partition coefficient (Wildman–Crippen LogP) is 4.76. The van der Waals surface area contributed by atoms with Crippen LogP contribution in [0, 0.1) is 0 Å². The summed E-state index contributed by atoms with van der Waals surface area (Å²) in [7, 11) is 0. The largest absolute Gasteiger partial charge is 0.486 e. The average molecular weight is 337 g/mol. The predicted molar refractivity (Wildman–Crippen MR) is 97.7 cm³/mol. The minimum absolute atomic E-state index is 0.137. The van der Waals surface area contributed by atoms with E-state index in [4.69, 9.17) is 9.47 Å². The van der Waals surface area contributed by atoms with Gasteiger partial charge >= 0.3 is 0 Å². The molecule has 0 spiro atoms. The fraction of sp³-hybridized carbons (Fsp3) is 0.381. The fourth-order valence-corrected chi connectivity index (χ4v) is 3.66. The SMILES string of the molecule is O=C(Nc1ccc(C2CCCCC2)cc1)c1ccc2c(c1)OCCO2. The monoisotopic (exact) mass is 337 g/mol. The number of benzene rings is 2. The van der Waals surface area contributed by atoms with Crippen LogP contribution in [0.25, 0.3) is 0 Å². The first-order valence-electron chi connectivity index (χ1n) is 9.10. The molecule has 1 fully saturated rings. The Labute approximate surface area is 148 Å². The number of amides is 1. The van der Waals surface area contributed by atoms with Crippen LogP contribution in [0.3, 0.4) is 0 Å². The van der Waals surface area contributed by atoms with Crippen molar-refractivity contribution >= 4 is 11.6 Å². The van der Waals surface area contributed by atoms with Gasteiger partial charge in [-0.05, 0) is 54.7 Å². The Hall–Kier alpha value is -2.49. The smallest absolute Gasteiger partial charge is 0.255 e. The highest BCUT2D eigenvalue weighted by Crippen LogP contribution is 2.33. The molecule has 4 nitrogen and oxygen atoms in total. The Balaban J connectivity index is 1.43. The molecule has 2 aliphatic rings. The number of carbonyl (C=O) groups is 1. The van der Waals surface area contributed by atoms with Crippen LogP contribution in [-0.2, 0) is 0 Å². The Morgan fingerprint density at radius 3 is 2.36 bits per heavy atom. The molecule has 4 rings (SSSR count). The zero-order chi connectivity index (χ0) is 17.1. The van der Waals surface area contributed by atoms with Gasteiger partial charge in [-0.1, -0.05) is 31.4 Å². The third kappa shape index (κ3) is 3.63. The lowest BCUT2D eigenvalue weighted by Crippen LogP contribution is -2.17. The zero-order valence-corrected chi connectivity index (χ0v) is 14.3. The van der Waals surface area contributed by atoms with Crippen LogP contribution in [0.4, 0.5) is 5.69 Å². The summed E-state index contributed by atoms with van der Waals surface area (Å²) in [4.78, 5) is 12.5. The second-order valence-corrected chi connectivity index (χ2v) is 6.77. The molecular formula is C21H23NO3. The summed E-state index contributed by atoms with van der Waals surface area (Å²) in [6.07, 6.45) is 6.58. The van der Waals surface area contributed by atoms with Crippen molar-refractivity contribution in [2.45, 2.75) is 38.0 Å². The van der Waals surface area contributed by atoms with Gasteiger partial charge in [0.2, 0.25) is 0 Å². The maximum atomic E-state index is 12.5. The zero-order valence-electron chi connectivity index (χ0n) is 14.3. The molecule has 0 aromatic heterocycles. The molecule has 0 unspecified atom stereocenters. The van der Waals surface area contributed by atoms with Gasteiger partial charge in [0.15, 0.2) is 11.5 Å². The van der Waals surface area contributed by atoms with Crippen molar-refractivity contribution in [3.63, 3.8) is 0 Å². The minimum atomic E-state index is -0.137. The van der Waals surface area contributed by atoms with Crippen molar-refractivity contribution in [1.82, 2.24) is 0 Å². The van der Waals surface area contributed by atoms with Crippen LogP contribution in [-0.4, -0.2) is 19.1 Å². The molecular weight excluding hydrogens is 314 g/mol. The second-order valence-electron chi connectivity index (χ2n) is 6.77. The van der Waals surface area contributed by atoms with Crippen molar-refractivity contribution in [2.75, 3.05) is 18.5 Å². The fourth-order valence-electron chi connectivity index (χ4n) is 3.66. The number of fused-ring (bicyclic) bond motifs is 1. The van der Waals surface area contributed by atoms with Crippen LogP contribution >= 0.6 is 0 Å². The van der Waals surface area contributed by atoms with Crippen LogP contribution in [0.1, 0.15) is 53.9 Å². The van der Waals surface area contributed by atoms with Gasteiger partial charge in [-0.25, -0.2) is 0 Å². The van der Waals surface area contributed by atoms with Crippen LogP contribution in [0.2, 0.25) is 0 Å². The number of rotatable bonds is 3. The van der Waals surface area contributed by atoms with Crippen molar-refractivity contribution in [3.05, 3.63) is 53.6 Å². The Morgan fingerprint density at radius 2 is 1.60 bits per heavy atom. The van der Waals surface area contributed by atoms with Crippen molar-refractivity contribution in [3.8, 4) is 11.5 Å². The first-order chi connectivity index (χ1) is 12.3. The molecule has 1 aliphatic heterocycles. The average Bonchev–Trinajstić information content (AvgIpc) is 2.69. The quantitative estimate of drug-likeness (QED) is 0.878. The lowest BCUT2D eigenvalue weighted by atomic mass is 9.84. The molecule has 130 valence electrons. The van der Waals surface area contributed by atoms with Crippen LogP contribution < -0.4 is 14.8 Å². The maximum Gasteiger partial charge on any atom is 0.255 e. The van der Waals surface area contributed by atoms with Crippen molar-refractivity contribution in [1.29, 1.82) is 0 Å². The Morgan fingerprint density at radius 1 is 0.880 bits per heavy atom. The van der Waals surface area contributed by atoms with Gasteiger partial charge in [-0.2, -0.15) is 0 Å². The van der Waals surface area contributed by atoms with Crippen LogP contribution in [0.15, 0.2) is 42.5 Å². The van der Waals surface area contributed by atoms with Crippen LogP contribution in [0.5, 0.6) is 11.5 Å². The lowest BCUT2D eigenvalue weighted by molar-refractivity contribution is 0.102. The third-order valence-corrected chi connectivity index (χ3v) is 5.05. The van der Waals surface area contributed by atoms with Gasteiger partial charge in [0.1, 0.15) is 13.2 Å². The second kappa shape index (κ2) is 7.18. The standard InChI is InChI=1S/C21H23NO3/c23-21(17-8-11-19-20(14-17)25-13-12-24-19)22-18-9-6-16(7-10-18)15-4-2-1-3-5-15/h6-11,14-15H,1-5,12-13H2,(H,22,23). The molecule has 2 aromatic rings. The molecule has 0 bridgehead atoms. The van der Waals surface area contributed by atoms with E-state index in [1.807, 2.05) is 12.1 Å². The first kappa shape index (κ1) is 16.0. The molecule has 2 aromatic carbocycles. The van der Waals surface area contributed by atoms with Gasteiger partial charge in [-0.3, -0.25) is 4.79 Å². The summed E-state index contributed by atoms with van der Waals surface area (Å²) < 4.78 is 11.0.